The van der Waals surface area contributed by atoms with Gasteiger partial charge in [0.05, 0.1) is 12.0 Å². The highest BCUT2D eigenvalue weighted by Gasteiger charge is 2.23. The number of carboxylic acids is 1. The van der Waals surface area contributed by atoms with Crippen molar-refractivity contribution >= 4 is 69.5 Å². The number of carbonyl (C=O) groups is 2. The van der Waals surface area contributed by atoms with Gasteiger partial charge in [0.15, 0.2) is 18.1 Å². The number of aliphatic carboxylic acids is 1. The first-order chi connectivity index (χ1) is 13.8. The van der Waals surface area contributed by atoms with E-state index in [1.54, 1.807) is 36.4 Å². The van der Waals surface area contributed by atoms with Crippen LogP contribution in [0.25, 0.3) is 17.2 Å². The van der Waals surface area contributed by atoms with E-state index in [1.807, 2.05) is 0 Å². The molecule has 6 nitrogen and oxygen atoms in total. The molecule has 0 aromatic heterocycles. The van der Waals surface area contributed by atoms with Crippen LogP contribution in [0.5, 0.6) is 11.5 Å². The van der Waals surface area contributed by atoms with Crippen LogP contribution in [0.15, 0.2) is 35.2 Å². The molecule has 3 rings (SSSR count). The summed E-state index contributed by atoms with van der Waals surface area (Å²) in [5, 5.41) is 12.4. The predicted octanol–water partition coefficient (Wildman–Crippen LogP) is 4.62. The number of ether oxygens (including phenoxy) is 2. The number of rotatable bonds is 6. The largest absolute Gasteiger partial charge is 0.493 e. The number of amides is 1. The first kappa shape index (κ1) is 21.4. The highest BCUT2D eigenvalue weighted by molar-refractivity contribution is 8.26. The Labute approximate surface area is 185 Å². The molecule has 0 bridgehead atoms. The maximum atomic E-state index is 12.0. The average Bonchev–Trinajstić information content (AvgIpc) is 2.95. The number of thiocarbonyl (C=S) groups is 1. The quantitative estimate of drug-likeness (QED) is 0.471. The van der Waals surface area contributed by atoms with Gasteiger partial charge in [0.2, 0.25) is 0 Å². The Bertz CT molecular complexity index is 1030. The minimum absolute atomic E-state index is 0.217. The van der Waals surface area contributed by atoms with Gasteiger partial charge < -0.3 is 19.9 Å². The zero-order valence-corrected chi connectivity index (χ0v) is 18.0. The van der Waals surface area contributed by atoms with E-state index in [9.17, 15) is 9.59 Å². The molecule has 10 heteroatoms. The molecule has 1 aliphatic heterocycles. The summed E-state index contributed by atoms with van der Waals surface area (Å²) in [6.07, 6.45) is 1.65. The van der Waals surface area contributed by atoms with Crippen LogP contribution in [0.1, 0.15) is 5.56 Å². The molecule has 150 valence electrons. The normalized spacial score (nSPS) is 14.8. The van der Waals surface area contributed by atoms with Crippen molar-refractivity contribution in [2.45, 2.75) is 0 Å². The van der Waals surface area contributed by atoms with E-state index < -0.39 is 12.6 Å². The summed E-state index contributed by atoms with van der Waals surface area (Å²) in [6, 6.07) is 8.27. The molecule has 2 aromatic rings. The van der Waals surface area contributed by atoms with E-state index in [4.69, 9.17) is 50.0 Å². The molecule has 1 saturated heterocycles. The first-order valence-electron chi connectivity index (χ1n) is 8.05. The van der Waals surface area contributed by atoms with Gasteiger partial charge in [-0.15, -0.1) is 0 Å². The second-order valence-electron chi connectivity index (χ2n) is 5.79. The summed E-state index contributed by atoms with van der Waals surface area (Å²) in [5.41, 5.74) is 1.73. The van der Waals surface area contributed by atoms with Gasteiger partial charge >= 0.3 is 5.97 Å². The fourth-order valence-electron chi connectivity index (χ4n) is 2.64. The van der Waals surface area contributed by atoms with Crippen molar-refractivity contribution in [2.75, 3.05) is 13.7 Å². The molecule has 0 radical (unpaired) electrons. The Morgan fingerprint density at radius 3 is 2.48 bits per heavy atom. The van der Waals surface area contributed by atoms with E-state index in [-0.39, 0.29) is 17.4 Å². The molecular weight excluding hydrogens is 457 g/mol. The minimum Gasteiger partial charge on any atom is -0.493 e. The second kappa shape index (κ2) is 9.04. The Kier molecular flexibility index (Phi) is 6.69. The number of benzene rings is 2. The summed E-state index contributed by atoms with van der Waals surface area (Å²) >= 11 is 18.4. The van der Waals surface area contributed by atoms with Crippen LogP contribution in [0.3, 0.4) is 0 Å². The van der Waals surface area contributed by atoms with Crippen molar-refractivity contribution in [1.82, 2.24) is 5.32 Å². The summed E-state index contributed by atoms with van der Waals surface area (Å²) in [6.45, 7) is -0.565. The second-order valence-corrected chi connectivity index (χ2v) is 8.38. The molecule has 1 heterocycles. The van der Waals surface area contributed by atoms with Crippen molar-refractivity contribution in [1.29, 1.82) is 0 Å². The zero-order valence-electron chi connectivity index (χ0n) is 14.8. The van der Waals surface area contributed by atoms with Crippen molar-refractivity contribution in [3.8, 4) is 22.6 Å². The lowest BCUT2D eigenvalue weighted by molar-refractivity contribution is -0.139. The lowest BCUT2D eigenvalue weighted by atomic mass is 10.0. The summed E-state index contributed by atoms with van der Waals surface area (Å²) in [7, 11) is 1.43. The lowest BCUT2D eigenvalue weighted by Crippen LogP contribution is -2.17. The highest BCUT2D eigenvalue weighted by Crippen LogP contribution is 2.42. The number of methoxy groups -OCH3 is 1. The van der Waals surface area contributed by atoms with Gasteiger partial charge in [0.1, 0.15) is 4.32 Å². The molecule has 1 amide bonds. The van der Waals surface area contributed by atoms with Crippen molar-refractivity contribution in [2.24, 2.45) is 0 Å². The molecule has 0 saturated carbocycles. The SMILES string of the molecule is COc1cc(C=C2SC(=S)NC2=O)cc(-c2cc(Cl)cc(Cl)c2)c1OCC(=O)O. The van der Waals surface area contributed by atoms with Crippen LogP contribution in [0.4, 0.5) is 0 Å². The molecule has 2 aromatic carbocycles. The number of carbonyl (C=O) groups excluding carboxylic acids is 1. The predicted molar refractivity (Wildman–Crippen MR) is 118 cm³/mol. The van der Waals surface area contributed by atoms with Gasteiger partial charge in [-0.25, -0.2) is 4.79 Å². The van der Waals surface area contributed by atoms with E-state index in [2.05, 4.69) is 5.32 Å². The van der Waals surface area contributed by atoms with E-state index in [1.165, 1.54) is 7.11 Å². The Hall–Kier alpha value is -2.26. The number of hydrogen-bond donors (Lipinski definition) is 2. The highest BCUT2D eigenvalue weighted by atomic mass is 35.5. The van der Waals surface area contributed by atoms with Gasteiger partial charge in [-0.05, 0) is 47.5 Å². The fourth-order valence-corrected chi connectivity index (χ4v) is 4.21. The van der Waals surface area contributed by atoms with Crippen LogP contribution in [0, 0.1) is 0 Å². The van der Waals surface area contributed by atoms with Crippen molar-refractivity contribution in [3.63, 3.8) is 0 Å². The minimum atomic E-state index is -1.14. The summed E-state index contributed by atoms with van der Waals surface area (Å²) in [5.74, 6) is -0.925. The molecule has 0 unspecified atom stereocenters. The van der Waals surface area contributed by atoms with Crippen LogP contribution >= 0.6 is 47.2 Å². The standard InChI is InChI=1S/C19H13Cl2NO5S2/c1-26-14-3-9(4-15-18(25)22-19(28)29-15)2-13(17(14)27-8-16(23)24)10-5-11(20)7-12(21)6-10/h2-7H,8H2,1H3,(H,23,24)(H,22,25,28). The van der Waals surface area contributed by atoms with Crippen molar-refractivity contribution in [3.05, 3.63) is 50.8 Å². The topological polar surface area (TPSA) is 84.9 Å². The summed E-state index contributed by atoms with van der Waals surface area (Å²) < 4.78 is 11.3. The monoisotopic (exact) mass is 469 g/mol. The molecule has 0 atom stereocenters. The zero-order chi connectivity index (χ0) is 21.1. The van der Waals surface area contributed by atoms with E-state index in [0.717, 1.165) is 11.8 Å². The smallest absolute Gasteiger partial charge is 0.341 e. The van der Waals surface area contributed by atoms with Crippen LogP contribution < -0.4 is 14.8 Å². The van der Waals surface area contributed by atoms with Gasteiger partial charge in [0, 0.05) is 15.6 Å². The van der Waals surface area contributed by atoms with Crippen LogP contribution in [-0.4, -0.2) is 35.0 Å². The third-order valence-corrected chi connectivity index (χ3v) is 5.35. The molecular formula is C19H13Cl2NO5S2. The molecule has 1 aliphatic rings. The lowest BCUT2D eigenvalue weighted by Gasteiger charge is -2.16. The Morgan fingerprint density at radius 2 is 1.93 bits per heavy atom. The van der Waals surface area contributed by atoms with Crippen LogP contribution in [-0.2, 0) is 9.59 Å². The summed E-state index contributed by atoms with van der Waals surface area (Å²) in [4.78, 5) is 23.4. The van der Waals surface area contributed by atoms with Crippen LogP contribution in [0.2, 0.25) is 10.0 Å². The first-order valence-corrected chi connectivity index (χ1v) is 10.0. The molecule has 0 aliphatic carbocycles. The maximum absolute atomic E-state index is 12.0. The number of carboxylic acid groups (broad SMARTS) is 1. The number of thioether (sulfide) groups is 1. The Morgan fingerprint density at radius 1 is 1.24 bits per heavy atom. The fraction of sp³-hybridized carbons (Fsp3) is 0.105. The molecule has 2 N–H and O–H groups in total. The average molecular weight is 470 g/mol. The van der Waals surface area contributed by atoms with Crippen molar-refractivity contribution < 1.29 is 24.2 Å². The number of halogens is 2. The molecule has 1 fully saturated rings. The number of hydrogen-bond acceptors (Lipinski definition) is 6. The number of nitrogens with one attached hydrogen (secondary N) is 1. The maximum Gasteiger partial charge on any atom is 0.341 e. The van der Waals surface area contributed by atoms with Gasteiger partial charge in [-0.2, -0.15) is 0 Å². The Balaban J connectivity index is 2.18. The van der Waals surface area contributed by atoms with Gasteiger partial charge in [-0.3, -0.25) is 4.79 Å². The third-order valence-electron chi connectivity index (χ3n) is 3.75. The van der Waals surface area contributed by atoms with Gasteiger partial charge in [-0.1, -0.05) is 47.2 Å². The van der Waals surface area contributed by atoms with E-state index in [0.29, 0.717) is 36.0 Å². The van der Waals surface area contributed by atoms with Gasteiger partial charge in [0.25, 0.3) is 5.91 Å². The molecule has 29 heavy (non-hydrogen) atoms. The molecule has 0 spiro atoms. The third kappa shape index (κ3) is 5.22. The van der Waals surface area contributed by atoms with E-state index >= 15 is 0 Å².